The lowest BCUT2D eigenvalue weighted by atomic mass is 9.98. The maximum Gasteiger partial charge on any atom is 0.407 e. The van der Waals surface area contributed by atoms with Crippen molar-refractivity contribution in [2.24, 2.45) is 0 Å². The van der Waals surface area contributed by atoms with E-state index in [1.54, 1.807) is 0 Å². The average molecular weight is 373 g/mol. The van der Waals surface area contributed by atoms with Crippen LogP contribution in [-0.2, 0) is 11.2 Å². The predicted molar refractivity (Wildman–Crippen MR) is 109 cm³/mol. The lowest BCUT2D eigenvalue weighted by molar-refractivity contribution is 0.128. The van der Waals surface area contributed by atoms with Gasteiger partial charge in [0.05, 0.1) is 6.10 Å². The van der Waals surface area contributed by atoms with Gasteiger partial charge in [0.1, 0.15) is 6.61 Å². The van der Waals surface area contributed by atoms with E-state index in [1.807, 2.05) is 54.6 Å². The van der Waals surface area contributed by atoms with Gasteiger partial charge in [-0.05, 0) is 27.8 Å². The molecule has 142 valence electrons. The fourth-order valence-corrected chi connectivity index (χ4v) is 3.81. The molecule has 28 heavy (non-hydrogen) atoms. The molecule has 0 radical (unpaired) electrons. The number of aliphatic hydroxyl groups is 1. The van der Waals surface area contributed by atoms with Gasteiger partial charge in [-0.1, -0.05) is 78.9 Å². The molecule has 0 spiro atoms. The molecule has 2 N–H and O–H groups in total. The Labute approximate surface area is 164 Å². The third kappa shape index (κ3) is 3.92. The zero-order chi connectivity index (χ0) is 19.3. The summed E-state index contributed by atoms with van der Waals surface area (Å²) < 4.78 is 5.48. The van der Waals surface area contributed by atoms with Crippen LogP contribution in [0.2, 0.25) is 0 Å². The summed E-state index contributed by atoms with van der Waals surface area (Å²) in [5, 5.41) is 12.8. The number of amides is 1. The fraction of sp³-hybridized carbons (Fsp3) is 0.208. The zero-order valence-electron chi connectivity index (χ0n) is 15.5. The second-order valence-corrected chi connectivity index (χ2v) is 7.05. The molecule has 0 fully saturated rings. The molecule has 1 aliphatic carbocycles. The number of aliphatic hydroxyl groups excluding tert-OH is 1. The standard InChI is InChI=1S/C24H23NO3/c26-18(14-17-8-2-1-3-9-17)15-25-24(27)28-16-23-21-12-6-4-10-19(21)20-11-5-7-13-22(20)23/h1-13,18,23,26H,14-16H2,(H,25,27)/t18-/m1/s1. The van der Waals surface area contributed by atoms with Crippen LogP contribution in [0.25, 0.3) is 11.1 Å². The highest BCUT2D eigenvalue weighted by molar-refractivity contribution is 5.79. The maximum atomic E-state index is 12.1. The third-order valence-corrected chi connectivity index (χ3v) is 5.14. The second-order valence-electron chi connectivity index (χ2n) is 7.05. The van der Waals surface area contributed by atoms with Gasteiger partial charge in [0.15, 0.2) is 0 Å². The summed E-state index contributed by atoms with van der Waals surface area (Å²) in [5.41, 5.74) is 5.79. The molecule has 4 heteroatoms. The van der Waals surface area contributed by atoms with Gasteiger partial charge < -0.3 is 15.2 Å². The highest BCUT2D eigenvalue weighted by Gasteiger charge is 2.28. The number of hydrogen-bond acceptors (Lipinski definition) is 3. The van der Waals surface area contributed by atoms with Crippen molar-refractivity contribution in [3.8, 4) is 11.1 Å². The van der Waals surface area contributed by atoms with Crippen LogP contribution in [0.1, 0.15) is 22.6 Å². The summed E-state index contributed by atoms with van der Waals surface area (Å²) in [6.45, 7) is 0.431. The normalized spacial score (nSPS) is 13.5. The molecule has 4 rings (SSSR count). The molecule has 0 saturated heterocycles. The molecular formula is C24H23NO3. The molecule has 1 amide bonds. The smallest absolute Gasteiger partial charge is 0.407 e. The summed E-state index contributed by atoms with van der Waals surface area (Å²) in [5.74, 6) is 0.0346. The van der Waals surface area contributed by atoms with Crippen molar-refractivity contribution in [2.45, 2.75) is 18.4 Å². The van der Waals surface area contributed by atoms with Crippen LogP contribution in [-0.4, -0.2) is 30.5 Å². The van der Waals surface area contributed by atoms with Crippen LogP contribution in [0, 0.1) is 0 Å². The Bertz CT molecular complexity index is 909. The van der Waals surface area contributed by atoms with Crippen molar-refractivity contribution in [1.82, 2.24) is 5.32 Å². The van der Waals surface area contributed by atoms with Crippen molar-refractivity contribution in [3.05, 3.63) is 95.6 Å². The van der Waals surface area contributed by atoms with E-state index >= 15 is 0 Å². The third-order valence-electron chi connectivity index (χ3n) is 5.14. The molecule has 3 aromatic rings. The summed E-state index contributed by atoms with van der Waals surface area (Å²) in [6, 6.07) is 26.2. The topological polar surface area (TPSA) is 58.6 Å². The number of benzene rings is 3. The van der Waals surface area contributed by atoms with Gasteiger partial charge in [-0.2, -0.15) is 0 Å². The Morgan fingerprint density at radius 1 is 0.893 bits per heavy atom. The molecule has 0 heterocycles. The zero-order valence-corrected chi connectivity index (χ0v) is 15.5. The Morgan fingerprint density at radius 2 is 1.46 bits per heavy atom. The van der Waals surface area contributed by atoms with Crippen LogP contribution >= 0.6 is 0 Å². The number of carbonyl (C=O) groups is 1. The van der Waals surface area contributed by atoms with E-state index in [0.29, 0.717) is 6.42 Å². The molecule has 0 bridgehead atoms. The fourth-order valence-electron chi connectivity index (χ4n) is 3.81. The highest BCUT2D eigenvalue weighted by Crippen LogP contribution is 2.44. The lowest BCUT2D eigenvalue weighted by Crippen LogP contribution is -2.34. The number of alkyl carbamates (subject to hydrolysis) is 1. The van der Waals surface area contributed by atoms with Gasteiger partial charge in [0.25, 0.3) is 0 Å². The SMILES string of the molecule is O=C(NC[C@H](O)Cc1ccccc1)OCC1c2ccccc2-c2ccccc21. The minimum Gasteiger partial charge on any atom is -0.449 e. The predicted octanol–water partition coefficient (Wildman–Crippen LogP) is 4.13. The van der Waals surface area contributed by atoms with Crippen LogP contribution < -0.4 is 5.32 Å². The Balaban J connectivity index is 1.33. The number of hydrogen-bond donors (Lipinski definition) is 2. The van der Waals surface area contributed by atoms with E-state index in [4.69, 9.17) is 4.74 Å². The number of ether oxygens (including phenoxy) is 1. The van der Waals surface area contributed by atoms with E-state index in [0.717, 1.165) is 5.56 Å². The Kier molecular flexibility index (Phi) is 5.40. The summed E-state index contributed by atoms with van der Waals surface area (Å²) in [4.78, 5) is 12.1. The van der Waals surface area contributed by atoms with Gasteiger partial charge in [0, 0.05) is 18.9 Å². The van der Waals surface area contributed by atoms with E-state index in [1.165, 1.54) is 22.3 Å². The van der Waals surface area contributed by atoms with Crippen LogP contribution in [0.3, 0.4) is 0 Å². The van der Waals surface area contributed by atoms with Crippen LogP contribution in [0.15, 0.2) is 78.9 Å². The molecule has 0 aliphatic heterocycles. The van der Waals surface area contributed by atoms with E-state index in [2.05, 4.69) is 29.6 Å². The van der Waals surface area contributed by atoms with Crippen LogP contribution in [0.4, 0.5) is 4.79 Å². The first-order valence-corrected chi connectivity index (χ1v) is 9.53. The molecule has 1 aliphatic rings. The first-order chi connectivity index (χ1) is 13.7. The van der Waals surface area contributed by atoms with E-state index < -0.39 is 12.2 Å². The van der Waals surface area contributed by atoms with E-state index in [-0.39, 0.29) is 19.1 Å². The number of nitrogens with one attached hydrogen (secondary N) is 1. The molecule has 0 unspecified atom stereocenters. The maximum absolute atomic E-state index is 12.1. The Morgan fingerprint density at radius 3 is 2.11 bits per heavy atom. The van der Waals surface area contributed by atoms with Crippen molar-refractivity contribution < 1.29 is 14.6 Å². The molecular weight excluding hydrogens is 350 g/mol. The summed E-state index contributed by atoms with van der Waals surface area (Å²) in [6.07, 6.45) is -0.665. The lowest BCUT2D eigenvalue weighted by Gasteiger charge is -2.16. The number of carbonyl (C=O) groups excluding carboxylic acids is 1. The average Bonchev–Trinajstić information content (AvgIpc) is 3.05. The van der Waals surface area contributed by atoms with Gasteiger partial charge in [-0.3, -0.25) is 0 Å². The first-order valence-electron chi connectivity index (χ1n) is 9.53. The minimum absolute atomic E-state index is 0.0346. The molecule has 0 saturated carbocycles. The monoisotopic (exact) mass is 373 g/mol. The largest absolute Gasteiger partial charge is 0.449 e. The van der Waals surface area contributed by atoms with Crippen molar-refractivity contribution >= 4 is 6.09 Å². The quantitative estimate of drug-likeness (QED) is 0.683. The highest BCUT2D eigenvalue weighted by atomic mass is 16.5. The number of rotatable bonds is 6. The van der Waals surface area contributed by atoms with Crippen molar-refractivity contribution in [1.29, 1.82) is 0 Å². The molecule has 0 aromatic heterocycles. The van der Waals surface area contributed by atoms with Gasteiger partial charge in [-0.25, -0.2) is 4.79 Å². The van der Waals surface area contributed by atoms with Crippen molar-refractivity contribution in [2.75, 3.05) is 13.2 Å². The van der Waals surface area contributed by atoms with Gasteiger partial charge >= 0.3 is 6.09 Å². The number of fused-ring (bicyclic) bond motifs is 3. The molecule has 3 aromatic carbocycles. The van der Waals surface area contributed by atoms with Crippen LogP contribution in [0.5, 0.6) is 0 Å². The van der Waals surface area contributed by atoms with Crippen molar-refractivity contribution in [3.63, 3.8) is 0 Å². The molecule has 1 atom stereocenters. The minimum atomic E-state index is -0.650. The first kappa shape index (κ1) is 18.3. The van der Waals surface area contributed by atoms with Gasteiger partial charge in [0.2, 0.25) is 0 Å². The summed E-state index contributed by atoms with van der Waals surface area (Å²) >= 11 is 0. The molecule has 4 nitrogen and oxygen atoms in total. The summed E-state index contributed by atoms with van der Waals surface area (Å²) in [7, 11) is 0. The Hall–Kier alpha value is -3.11. The van der Waals surface area contributed by atoms with E-state index in [9.17, 15) is 9.90 Å². The second kappa shape index (κ2) is 8.28. The van der Waals surface area contributed by atoms with Gasteiger partial charge in [-0.15, -0.1) is 0 Å².